The Balaban J connectivity index is 0.00000210. The lowest BCUT2D eigenvalue weighted by molar-refractivity contribution is -0.136. The van der Waals surface area contributed by atoms with Gasteiger partial charge in [-0.2, -0.15) is 0 Å². The van der Waals surface area contributed by atoms with Gasteiger partial charge in [0.2, 0.25) is 11.8 Å². The van der Waals surface area contributed by atoms with Gasteiger partial charge in [0.1, 0.15) is 0 Å². The molecule has 0 spiro atoms. The topological polar surface area (TPSA) is 93.3 Å². The molecule has 2 atom stereocenters. The predicted octanol–water partition coefficient (Wildman–Crippen LogP) is 1.63. The van der Waals surface area contributed by atoms with Gasteiger partial charge in [-0.3, -0.25) is 9.59 Å². The van der Waals surface area contributed by atoms with Gasteiger partial charge in [0.15, 0.2) is 0 Å². The monoisotopic (exact) mass is 441 g/mol. The summed E-state index contributed by atoms with van der Waals surface area (Å²) in [6.07, 6.45) is 5.72. The smallest absolute Gasteiger partial charge is 0.239 e. The van der Waals surface area contributed by atoms with Crippen LogP contribution in [0.25, 0.3) is 0 Å². The summed E-state index contributed by atoms with van der Waals surface area (Å²) in [6, 6.07) is 9.48. The second-order valence-corrected chi connectivity index (χ2v) is 7.07. The Kier molecular flexibility index (Phi) is 10.2. The Morgan fingerprint density at radius 1 is 1.28 bits per heavy atom. The van der Waals surface area contributed by atoms with Crippen LogP contribution >= 0.6 is 24.8 Å². The van der Waals surface area contributed by atoms with Gasteiger partial charge in [-0.25, -0.2) is 4.98 Å². The number of imidazole rings is 1. The third-order valence-corrected chi connectivity index (χ3v) is 4.99. The molecular formula is C20H29Cl2N5O2. The van der Waals surface area contributed by atoms with E-state index in [9.17, 15) is 9.59 Å². The van der Waals surface area contributed by atoms with Crippen LogP contribution in [0.4, 0.5) is 0 Å². The van der Waals surface area contributed by atoms with Crippen molar-refractivity contribution < 1.29 is 9.59 Å². The number of benzene rings is 1. The number of aromatic nitrogens is 2. The van der Waals surface area contributed by atoms with Crippen molar-refractivity contribution in [1.29, 1.82) is 0 Å². The van der Waals surface area contributed by atoms with E-state index in [1.807, 2.05) is 29.0 Å². The van der Waals surface area contributed by atoms with Crippen LogP contribution in [-0.2, 0) is 22.6 Å². The van der Waals surface area contributed by atoms with E-state index in [4.69, 9.17) is 5.73 Å². The molecule has 9 heteroatoms. The zero-order valence-corrected chi connectivity index (χ0v) is 18.1. The van der Waals surface area contributed by atoms with Gasteiger partial charge in [-0.05, 0) is 18.4 Å². The number of nitrogens with zero attached hydrogens (tertiary/aromatic N) is 3. The van der Waals surface area contributed by atoms with Crippen LogP contribution in [0, 0.1) is 5.92 Å². The third kappa shape index (κ3) is 6.73. The Hall–Kier alpha value is -2.09. The van der Waals surface area contributed by atoms with E-state index in [0.29, 0.717) is 19.5 Å². The number of rotatable bonds is 6. The molecule has 1 aliphatic heterocycles. The van der Waals surface area contributed by atoms with Crippen molar-refractivity contribution in [1.82, 2.24) is 19.8 Å². The number of amides is 2. The summed E-state index contributed by atoms with van der Waals surface area (Å²) in [5, 5.41) is 2.66. The number of carbonyl (C=O) groups excluding carboxylic acids is 2. The van der Waals surface area contributed by atoms with Crippen molar-refractivity contribution in [3.8, 4) is 0 Å². The fourth-order valence-corrected chi connectivity index (χ4v) is 3.54. The SMILES string of the molecule is CNC(=O)C1CCCN(C(=O)[C@@H](N)Cc2cn(Cc3ccccc3)cn2)C1.Cl.Cl. The van der Waals surface area contributed by atoms with E-state index in [-0.39, 0.29) is 42.5 Å². The molecule has 0 radical (unpaired) electrons. The largest absolute Gasteiger partial charge is 0.359 e. The maximum atomic E-state index is 12.7. The maximum absolute atomic E-state index is 12.7. The molecule has 160 valence electrons. The fourth-order valence-electron chi connectivity index (χ4n) is 3.54. The lowest BCUT2D eigenvalue weighted by Gasteiger charge is -2.33. The fraction of sp³-hybridized carbons (Fsp3) is 0.450. The molecule has 7 nitrogen and oxygen atoms in total. The number of hydrogen-bond donors (Lipinski definition) is 2. The quantitative estimate of drug-likeness (QED) is 0.711. The highest BCUT2D eigenvalue weighted by atomic mass is 35.5. The van der Waals surface area contributed by atoms with Gasteiger partial charge in [0.05, 0.1) is 24.0 Å². The van der Waals surface area contributed by atoms with Crippen LogP contribution in [0.15, 0.2) is 42.9 Å². The highest BCUT2D eigenvalue weighted by Gasteiger charge is 2.30. The number of nitrogens with one attached hydrogen (secondary N) is 1. The minimum atomic E-state index is -0.645. The van der Waals surface area contributed by atoms with E-state index in [0.717, 1.165) is 25.1 Å². The average molecular weight is 442 g/mol. The summed E-state index contributed by atoms with van der Waals surface area (Å²) in [6.45, 7) is 1.83. The summed E-state index contributed by atoms with van der Waals surface area (Å²) in [5.41, 5.74) is 8.14. The first-order valence-electron chi connectivity index (χ1n) is 9.37. The van der Waals surface area contributed by atoms with Gasteiger partial charge in [-0.15, -0.1) is 24.8 Å². The first-order chi connectivity index (χ1) is 13.1. The Bertz CT molecular complexity index is 784. The van der Waals surface area contributed by atoms with Crippen molar-refractivity contribution >= 4 is 36.6 Å². The Morgan fingerprint density at radius 3 is 2.69 bits per heavy atom. The minimum absolute atomic E-state index is 0. The van der Waals surface area contributed by atoms with Gasteiger partial charge in [0, 0.05) is 39.3 Å². The summed E-state index contributed by atoms with van der Waals surface area (Å²) in [7, 11) is 1.63. The van der Waals surface area contributed by atoms with Gasteiger partial charge >= 0.3 is 0 Å². The molecule has 2 aromatic rings. The van der Waals surface area contributed by atoms with Gasteiger partial charge in [-0.1, -0.05) is 30.3 Å². The standard InChI is InChI=1S/C20H27N5O2.2ClH/c1-22-19(26)16-8-5-9-25(12-16)20(27)18(21)10-17-13-24(14-23-17)11-15-6-3-2-4-7-15;;/h2-4,6-7,13-14,16,18H,5,8-12,21H2,1H3,(H,22,26);2*1H/t16?,18-;;/m0../s1. The van der Waals surface area contributed by atoms with Crippen LogP contribution in [0.2, 0.25) is 0 Å². The minimum Gasteiger partial charge on any atom is -0.359 e. The number of halogens is 2. The van der Waals surface area contributed by atoms with E-state index in [1.54, 1.807) is 18.3 Å². The van der Waals surface area contributed by atoms with Crippen molar-refractivity contribution in [2.45, 2.75) is 31.8 Å². The predicted molar refractivity (Wildman–Crippen MR) is 117 cm³/mol. The molecule has 1 aromatic heterocycles. The zero-order valence-electron chi connectivity index (χ0n) is 16.5. The van der Waals surface area contributed by atoms with Crippen molar-refractivity contribution in [2.24, 2.45) is 11.7 Å². The zero-order chi connectivity index (χ0) is 19.2. The molecule has 1 unspecified atom stereocenters. The maximum Gasteiger partial charge on any atom is 0.239 e. The molecule has 1 aliphatic rings. The molecule has 3 N–H and O–H groups in total. The van der Waals surface area contributed by atoms with E-state index < -0.39 is 6.04 Å². The first kappa shape index (κ1) is 24.9. The van der Waals surface area contributed by atoms with Crippen LogP contribution in [0.5, 0.6) is 0 Å². The Morgan fingerprint density at radius 2 is 2.00 bits per heavy atom. The molecule has 1 saturated heterocycles. The van der Waals surface area contributed by atoms with E-state index in [1.165, 1.54) is 5.56 Å². The van der Waals surface area contributed by atoms with Crippen LogP contribution < -0.4 is 11.1 Å². The summed E-state index contributed by atoms with van der Waals surface area (Å²) < 4.78 is 1.99. The summed E-state index contributed by atoms with van der Waals surface area (Å²) in [4.78, 5) is 30.6. The van der Waals surface area contributed by atoms with Crippen LogP contribution in [0.1, 0.15) is 24.1 Å². The van der Waals surface area contributed by atoms with Gasteiger partial charge in [0.25, 0.3) is 0 Å². The first-order valence-corrected chi connectivity index (χ1v) is 9.37. The third-order valence-electron chi connectivity index (χ3n) is 4.99. The lowest BCUT2D eigenvalue weighted by atomic mass is 9.96. The number of hydrogen-bond acceptors (Lipinski definition) is 4. The molecule has 2 heterocycles. The Labute approximate surface area is 183 Å². The molecule has 1 fully saturated rings. The van der Waals surface area contributed by atoms with Crippen LogP contribution in [-0.4, -0.2) is 52.4 Å². The molecule has 0 saturated carbocycles. The van der Waals surface area contributed by atoms with Crippen LogP contribution in [0.3, 0.4) is 0 Å². The second kappa shape index (κ2) is 11.8. The summed E-state index contributed by atoms with van der Waals surface area (Å²) >= 11 is 0. The molecule has 0 aliphatic carbocycles. The van der Waals surface area contributed by atoms with Crippen molar-refractivity contribution in [3.05, 3.63) is 54.1 Å². The highest BCUT2D eigenvalue weighted by molar-refractivity contribution is 5.85. The average Bonchev–Trinajstić information content (AvgIpc) is 3.14. The molecule has 1 aromatic carbocycles. The van der Waals surface area contributed by atoms with Gasteiger partial charge < -0.3 is 20.5 Å². The summed E-state index contributed by atoms with van der Waals surface area (Å²) in [5.74, 6) is -0.271. The number of nitrogens with two attached hydrogens (primary N) is 1. The number of carbonyl (C=O) groups is 2. The molecule has 0 bridgehead atoms. The van der Waals surface area contributed by atoms with Crippen molar-refractivity contribution in [3.63, 3.8) is 0 Å². The lowest BCUT2D eigenvalue weighted by Crippen LogP contribution is -2.51. The number of likely N-dealkylation sites (tertiary alicyclic amines) is 1. The van der Waals surface area contributed by atoms with E-state index in [2.05, 4.69) is 22.4 Å². The normalized spacial score (nSPS) is 16.9. The molecular weight excluding hydrogens is 413 g/mol. The second-order valence-electron chi connectivity index (χ2n) is 7.07. The highest BCUT2D eigenvalue weighted by Crippen LogP contribution is 2.17. The van der Waals surface area contributed by atoms with E-state index >= 15 is 0 Å². The van der Waals surface area contributed by atoms with Crippen molar-refractivity contribution in [2.75, 3.05) is 20.1 Å². The molecule has 3 rings (SSSR count). The molecule has 29 heavy (non-hydrogen) atoms. The molecule has 2 amide bonds. The number of piperidine rings is 1.